The first-order valence-electron chi connectivity index (χ1n) is 6.42. The number of hydrogen-bond acceptors (Lipinski definition) is 3. The molecule has 0 aliphatic carbocycles. The quantitative estimate of drug-likeness (QED) is 0.909. The van der Waals surface area contributed by atoms with Crippen molar-refractivity contribution in [3.05, 3.63) is 46.7 Å². The Labute approximate surface area is 127 Å². The molecule has 0 unspecified atom stereocenters. The molecule has 1 aromatic carbocycles. The number of amides is 2. The third-order valence-electron chi connectivity index (χ3n) is 2.89. The van der Waals surface area contributed by atoms with Crippen molar-refractivity contribution in [2.24, 2.45) is 0 Å². The lowest BCUT2D eigenvalue weighted by molar-refractivity contribution is 0.0958. The van der Waals surface area contributed by atoms with Gasteiger partial charge in [-0.1, -0.05) is 23.7 Å². The van der Waals surface area contributed by atoms with Crippen LogP contribution in [0.5, 0.6) is 0 Å². The summed E-state index contributed by atoms with van der Waals surface area (Å²) in [6, 6.07) is 6.70. The summed E-state index contributed by atoms with van der Waals surface area (Å²) in [5.41, 5.74) is 0.854. The Bertz CT molecular complexity index is 681. The zero-order valence-corrected chi connectivity index (χ0v) is 12.4. The van der Waals surface area contributed by atoms with Crippen molar-refractivity contribution in [1.82, 2.24) is 15.1 Å². The van der Waals surface area contributed by atoms with E-state index < -0.39 is 0 Å². The van der Waals surface area contributed by atoms with Crippen molar-refractivity contribution >= 4 is 29.1 Å². The smallest absolute Gasteiger partial charge is 0.273 e. The molecule has 0 saturated carbocycles. The number of aryl methyl sites for hydroxylation is 1. The van der Waals surface area contributed by atoms with E-state index in [4.69, 9.17) is 11.6 Å². The van der Waals surface area contributed by atoms with E-state index in [9.17, 15) is 9.59 Å². The second kappa shape index (κ2) is 6.41. The summed E-state index contributed by atoms with van der Waals surface area (Å²) >= 11 is 5.99. The molecule has 1 aromatic heterocycles. The highest BCUT2D eigenvalue weighted by Crippen LogP contribution is 2.19. The summed E-state index contributed by atoms with van der Waals surface area (Å²) in [6.07, 6.45) is 1.61. The summed E-state index contributed by atoms with van der Waals surface area (Å²) < 4.78 is 1.58. The molecule has 7 heteroatoms. The van der Waals surface area contributed by atoms with E-state index in [2.05, 4.69) is 15.7 Å². The van der Waals surface area contributed by atoms with Gasteiger partial charge in [-0.3, -0.25) is 14.3 Å². The second-order valence-electron chi connectivity index (χ2n) is 4.26. The highest BCUT2D eigenvalue weighted by atomic mass is 35.5. The second-order valence-corrected chi connectivity index (χ2v) is 4.67. The average molecular weight is 307 g/mol. The third kappa shape index (κ3) is 3.22. The van der Waals surface area contributed by atoms with Crippen LogP contribution < -0.4 is 10.6 Å². The zero-order chi connectivity index (χ0) is 15.4. The molecular weight excluding hydrogens is 292 g/mol. The lowest BCUT2D eigenvalue weighted by Crippen LogP contribution is -2.21. The molecule has 0 atom stereocenters. The summed E-state index contributed by atoms with van der Waals surface area (Å²) in [6.45, 7) is 2.48. The van der Waals surface area contributed by atoms with Gasteiger partial charge in [0, 0.05) is 19.8 Å². The number of hydrogen-bond donors (Lipinski definition) is 2. The van der Waals surface area contributed by atoms with Crippen molar-refractivity contribution in [2.45, 2.75) is 13.5 Å². The predicted molar refractivity (Wildman–Crippen MR) is 80.7 cm³/mol. The van der Waals surface area contributed by atoms with Gasteiger partial charge in [0.25, 0.3) is 11.8 Å². The van der Waals surface area contributed by atoms with Crippen molar-refractivity contribution < 1.29 is 9.59 Å². The Morgan fingerprint density at radius 2 is 2.00 bits per heavy atom. The van der Waals surface area contributed by atoms with Gasteiger partial charge in [-0.15, -0.1) is 0 Å². The Balaban J connectivity index is 2.31. The summed E-state index contributed by atoms with van der Waals surface area (Å²) in [5, 5.41) is 9.63. The highest BCUT2D eigenvalue weighted by Gasteiger charge is 2.18. The maximum absolute atomic E-state index is 12.2. The number of aromatic nitrogens is 2. The number of carbonyl (C=O) groups is 2. The van der Waals surface area contributed by atoms with Crippen LogP contribution >= 0.6 is 11.6 Å². The van der Waals surface area contributed by atoms with E-state index >= 15 is 0 Å². The van der Waals surface area contributed by atoms with Gasteiger partial charge >= 0.3 is 0 Å². The first-order valence-corrected chi connectivity index (χ1v) is 6.80. The summed E-state index contributed by atoms with van der Waals surface area (Å²) in [5.74, 6) is -0.752. The molecule has 0 aliphatic rings. The molecule has 0 saturated heterocycles. The fourth-order valence-electron chi connectivity index (χ4n) is 1.80. The molecule has 0 radical (unpaired) electrons. The van der Waals surface area contributed by atoms with Crippen molar-refractivity contribution in [3.8, 4) is 0 Å². The van der Waals surface area contributed by atoms with Crippen molar-refractivity contribution in [3.63, 3.8) is 0 Å². The maximum Gasteiger partial charge on any atom is 0.273 e. The monoisotopic (exact) mass is 306 g/mol. The van der Waals surface area contributed by atoms with Gasteiger partial charge in [0.2, 0.25) is 0 Å². The molecule has 21 heavy (non-hydrogen) atoms. The molecule has 6 nitrogen and oxygen atoms in total. The maximum atomic E-state index is 12.2. The standard InChI is InChI=1S/C14H15ClN4O2/c1-3-19-8-11(12(18-19)14(21)16-2)17-13(20)9-6-4-5-7-10(9)15/h4-8H,3H2,1-2H3,(H,16,21)(H,17,20). The number of nitrogens with zero attached hydrogens (tertiary/aromatic N) is 2. The van der Waals surface area contributed by atoms with Gasteiger partial charge < -0.3 is 10.6 Å². The normalized spacial score (nSPS) is 10.2. The van der Waals surface area contributed by atoms with E-state index in [-0.39, 0.29) is 17.5 Å². The largest absolute Gasteiger partial charge is 0.354 e. The third-order valence-corrected chi connectivity index (χ3v) is 3.22. The summed E-state index contributed by atoms with van der Waals surface area (Å²) in [7, 11) is 1.51. The molecule has 0 spiro atoms. The minimum atomic E-state index is -0.388. The van der Waals surface area contributed by atoms with Gasteiger partial charge in [0.05, 0.1) is 16.3 Å². The molecule has 2 N–H and O–H groups in total. The van der Waals surface area contributed by atoms with E-state index in [1.807, 2.05) is 6.92 Å². The van der Waals surface area contributed by atoms with Crippen LogP contribution in [0.4, 0.5) is 5.69 Å². The van der Waals surface area contributed by atoms with Gasteiger partial charge in [-0.25, -0.2) is 0 Å². The number of benzene rings is 1. The van der Waals surface area contributed by atoms with Gasteiger partial charge in [0.1, 0.15) is 0 Å². The fourth-order valence-corrected chi connectivity index (χ4v) is 2.02. The van der Waals surface area contributed by atoms with E-state index in [0.29, 0.717) is 22.8 Å². The molecule has 2 rings (SSSR count). The fraction of sp³-hybridized carbons (Fsp3) is 0.214. The van der Waals surface area contributed by atoms with Crippen LogP contribution in [0.2, 0.25) is 5.02 Å². The van der Waals surface area contributed by atoms with Crippen LogP contribution in [0, 0.1) is 0 Å². The molecule has 0 fully saturated rings. The van der Waals surface area contributed by atoms with Crippen LogP contribution in [0.3, 0.4) is 0 Å². The molecule has 0 bridgehead atoms. The van der Waals surface area contributed by atoms with Crippen molar-refractivity contribution in [2.75, 3.05) is 12.4 Å². The number of anilines is 1. The van der Waals surface area contributed by atoms with Crippen LogP contribution in [-0.2, 0) is 6.54 Å². The highest BCUT2D eigenvalue weighted by molar-refractivity contribution is 6.34. The lowest BCUT2D eigenvalue weighted by atomic mass is 10.2. The average Bonchev–Trinajstić information content (AvgIpc) is 2.89. The van der Waals surface area contributed by atoms with Crippen LogP contribution in [-0.4, -0.2) is 28.6 Å². The van der Waals surface area contributed by atoms with Gasteiger partial charge in [-0.05, 0) is 19.1 Å². The predicted octanol–water partition coefficient (Wildman–Crippen LogP) is 2.17. The van der Waals surface area contributed by atoms with Crippen LogP contribution in [0.25, 0.3) is 0 Å². The summed E-state index contributed by atoms with van der Waals surface area (Å²) in [4.78, 5) is 24.0. The van der Waals surface area contributed by atoms with Gasteiger partial charge in [0.15, 0.2) is 5.69 Å². The van der Waals surface area contributed by atoms with Crippen LogP contribution in [0.15, 0.2) is 30.5 Å². The minimum absolute atomic E-state index is 0.166. The molecule has 0 aliphatic heterocycles. The number of carbonyl (C=O) groups excluding carboxylic acids is 2. The Morgan fingerprint density at radius 1 is 1.29 bits per heavy atom. The van der Waals surface area contributed by atoms with E-state index in [1.54, 1.807) is 35.1 Å². The Kier molecular flexibility index (Phi) is 4.59. The molecule has 1 heterocycles. The van der Waals surface area contributed by atoms with E-state index in [1.165, 1.54) is 7.05 Å². The SMILES string of the molecule is CCn1cc(NC(=O)c2ccccc2Cl)c(C(=O)NC)n1. The topological polar surface area (TPSA) is 76.0 Å². The molecule has 2 amide bonds. The molecular formula is C14H15ClN4O2. The zero-order valence-electron chi connectivity index (χ0n) is 11.7. The molecule has 110 valence electrons. The minimum Gasteiger partial charge on any atom is -0.354 e. The Morgan fingerprint density at radius 3 is 2.62 bits per heavy atom. The number of rotatable bonds is 4. The molecule has 2 aromatic rings. The number of halogens is 1. The Hall–Kier alpha value is -2.34. The van der Waals surface area contributed by atoms with Crippen LogP contribution in [0.1, 0.15) is 27.8 Å². The lowest BCUT2D eigenvalue weighted by Gasteiger charge is -2.06. The number of nitrogens with one attached hydrogen (secondary N) is 2. The van der Waals surface area contributed by atoms with Crippen molar-refractivity contribution in [1.29, 1.82) is 0 Å². The first-order chi connectivity index (χ1) is 10.1. The van der Waals surface area contributed by atoms with Gasteiger partial charge in [-0.2, -0.15) is 5.10 Å². The van der Waals surface area contributed by atoms with E-state index in [0.717, 1.165) is 0 Å². The first kappa shape index (κ1) is 15.1.